The highest BCUT2D eigenvalue weighted by Crippen LogP contribution is 2.45. The summed E-state index contributed by atoms with van der Waals surface area (Å²) < 4.78 is 57.0. The standard InChI is InChI=1S/C31H34F4N4O/c1-3-39-17-26(30(38-39)31(33,34)35)23-11-20(16-37-29(36)13-19-4-5-19)12-24(14-23)28(40)15-25(21-6-7-21)22-8-9-27(32)18(2)10-22/h8-12,14,17,19,21,25H,3-7,13,15-16H2,1-2H3,(H2,36,37)/t25-/m0/s1. The number of nitrogens with two attached hydrogens (primary N) is 1. The summed E-state index contributed by atoms with van der Waals surface area (Å²) in [7, 11) is 0. The Balaban J connectivity index is 1.50. The number of aromatic nitrogens is 2. The maximum absolute atomic E-state index is 13.9. The zero-order chi connectivity index (χ0) is 28.6. The Hall–Kier alpha value is -3.49. The molecule has 2 fully saturated rings. The van der Waals surface area contributed by atoms with E-state index in [1.165, 1.54) is 23.0 Å². The monoisotopic (exact) mass is 554 g/mol. The molecule has 1 heterocycles. The lowest BCUT2D eigenvalue weighted by Crippen LogP contribution is -2.13. The van der Waals surface area contributed by atoms with Crippen molar-refractivity contribution in [1.29, 1.82) is 0 Å². The Bertz CT molecular complexity index is 1430. The van der Waals surface area contributed by atoms with Gasteiger partial charge in [0.2, 0.25) is 0 Å². The van der Waals surface area contributed by atoms with E-state index in [1.54, 1.807) is 38.1 Å². The molecule has 1 aromatic heterocycles. The van der Waals surface area contributed by atoms with Gasteiger partial charge in [0.25, 0.3) is 0 Å². The molecule has 2 aliphatic rings. The number of halogens is 4. The number of hydrogen-bond acceptors (Lipinski definition) is 3. The fourth-order valence-corrected chi connectivity index (χ4v) is 5.25. The van der Waals surface area contributed by atoms with Crippen LogP contribution < -0.4 is 5.73 Å². The Morgan fingerprint density at radius 3 is 2.52 bits per heavy atom. The van der Waals surface area contributed by atoms with Crippen LogP contribution in [0.1, 0.15) is 84.1 Å². The molecule has 2 saturated carbocycles. The summed E-state index contributed by atoms with van der Waals surface area (Å²) >= 11 is 0. The number of hydrogen-bond donors (Lipinski definition) is 1. The molecule has 0 unspecified atom stereocenters. The maximum atomic E-state index is 13.9. The second-order valence-corrected chi connectivity index (χ2v) is 11.2. The van der Waals surface area contributed by atoms with Gasteiger partial charge >= 0.3 is 6.18 Å². The summed E-state index contributed by atoms with van der Waals surface area (Å²) in [6.45, 7) is 3.86. The van der Waals surface area contributed by atoms with Gasteiger partial charge in [-0.1, -0.05) is 12.1 Å². The second-order valence-electron chi connectivity index (χ2n) is 11.2. The summed E-state index contributed by atoms with van der Waals surface area (Å²) in [5.41, 5.74) is 7.67. The topological polar surface area (TPSA) is 73.3 Å². The zero-order valence-electron chi connectivity index (χ0n) is 22.8. The minimum absolute atomic E-state index is 0.0758. The molecule has 5 rings (SSSR count). The lowest BCUT2D eigenvalue weighted by Gasteiger charge is -2.18. The number of Topliss-reactive ketones (excluding diaryl/α,β-unsaturated/α-hetero) is 1. The van der Waals surface area contributed by atoms with Gasteiger partial charge in [-0.05, 0) is 104 Å². The van der Waals surface area contributed by atoms with Gasteiger partial charge in [0.1, 0.15) is 5.82 Å². The normalized spacial score (nSPS) is 16.8. The number of ketones is 1. The van der Waals surface area contributed by atoms with Gasteiger partial charge in [-0.2, -0.15) is 18.3 Å². The van der Waals surface area contributed by atoms with Crippen LogP contribution in [0.2, 0.25) is 0 Å². The van der Waals surface area contributed by atoms with Crippen molar-refractivity contribution in [3.05, 3.63) is 76.4 Å². The minimum atomic E-state index is -4.65. The first kappa shape index (κ1) is 28.1. The minimum Gasteiger partial charge on any atom is -0.387 e. The Labute approximate surface area is 231 Å². The van der Waals surface area contributed by atoms with Crippen molar-refractivity contribution in [2.24, 2.45) is 22.6 Å². The van der Waals surface area contributed by atoms with Crippen molar-refractivity contribution in [3.63, 3.8) is 0 Å². The van der Waals surface area contributed by atoms with Crippen LogP contribution in [-0.2, 0) is 19.3 Å². The first-order valence-corrected chi connectivity index (χ1v) is 13.9. The van der Waals surface area contributed by atoms with Crippen LogP contribution in [-0.4, -0.2) is 21.4 Å². The largest absolute Gasteiger partial charge is 0.435 e. The number of benzene rings is 2. The Morgan fingerprint density at radius 2 is 1.90 bits per heavy atom. The molecule has 1 atom stereocenters. The average molecular weight is 555 g/mol. The molecule has 9 heteroatoms. The van der Waals surface area contributed by atoms with Crippen LogP contribution in [0.25, 0.3) is 11.1 Å². The molecular formula is C31H34F4N4O. The molecule has 3 aromatic rings. The molecule has 2 N–H and O–H groups in total. The quantitative estimate of drug-likeness (QED) is 0.116. The van der Waals surface area contributed by atoms with Crippen LogP contribution in [0.5, 0.6) is 0 Å². The summed E-state index contributed by atoms with van der Waals surface area (Å²) in [5.74, 6) is 0.833. The smallest absolute Gasteiger partial charge is 0.387 e. The second kappa shape index (κ2) is 11.2. The zero-order valence-corrected chi connectivity index (χ0v) is 22.8. The highest BCUT2D eigenvalue weighted by atomic mass is 19.4. The van der Waals surface area contributed by atoms with Crippen molar-refractivity contribution in [2.75, 3.05) is 0 Å². The van der Waals surface area contributed by atoms with E-state index in [4.69, 9.17) is 5.73 Å². The first-order valence-electron chi connectivity index (χ1n) is 13.9. The third kappa shape index (κ3) is 6.62. The molecule has 2 aliphatic carbocycles. The van der Waals surface area contributed by atoms with E-state index in [2.05, 4.69) is 10.1 Å². The molecule has 212 valence electrons. The summed E-state index contributed by atoms with van der Waals surface area (Å²) in [6.07, 6.45) is 1.83. The fourth-order valence-electron chi connectivity index (χ4n) is 5.25. The third-order valence-electron chi connectivity index (χ3n) is 7.85. The highest BCUT2D eigenvalue weighted by molar-refractivity contribution is 5.98. The number of amidine groups is 1. The van der Waals surface area contributed by atoms with Gasteiger partial charge in [-0.15, -0.1) is 0 Å². The Kier molecular flexibility index (Phi) is 7.84. The van der Waals surface area contributed by atoms with Gasteiger partial charge in [-0.3, -0.25) is 14.5 Å². The SMILES string of the molecule is CCn1cc(-c2cc(CN=C(N)CC3CC3)cc(C(=O)C[C@H](c3ccc(F)c(C)c3)C3CC3)c2)c(C(F)(F)F)n1. The number of aryl methyl sites for hydroxylation is 2. The number of alkyl halides is 3. The third-order valence-corrected chi connectivity index (χ3v) is 7.85. The average Bonchev–Trinajstić information content (AvgIpc) is 3.85. The number of nitrogens with zero attached hydrogens (tertiary/aromatic N) is 3. The molecule has 40 heavy (non-hydrogen) atoms. The van der Waals surface area contributed by atoms with Crippen LogP contribution in [0, 0.1) is 24.6 Å². The predicted octanol–water partition coefficient (Wildman–Crippen LogP) is 7.46. The molecule has 0 amide bonds. The van der Waals surface area contributed by atoms with Crippen LogP contribution in [0.15, 0.2) is 47.6 Å². The summed E-state index contributed by atoms with van der Waals surface area (Å²) in [6, 6.07) is 9.81. The molecule has 0 spiro atoms. The van der Waals surface area contributed by atoms with Crippen molar-refractivity contribution < 1.29 is 22.4 Å². The fraction of sp³-hybridized carbons (Fsp3) is 0.452. The molecule has 0 bridgehead atoms. The van der Waals surface area contributed by atoms with Crippen molar-refractivity contribution in [2.45, 2.75) is 77.6 Å². The number of carbonyl (C=O) groups excluding carboxylic acids is 1. The van der Waals surface area contributed by atoms with Crippen molar-refractivity contribution >= 4 is 11.6 Å². The summed E-state index contributed by atoms with van der Waals surface area (Å²) in [5, 5.41) is 3.76. The van der Waals surface area contributed by atoms with E-state index < -0.39 is 11.9 Å². The van der Waals surface area contributed by atoms with E-state index in [0.29, 0.717) is 40.8 Å². The van der Waals surface area contributed by atoms with Crippen LogP contribution >= 0.6 is 0 Å². The van der Waals surface area contributed by atoms with Gasteiger partial charge < -0.3 is 5.73 Å². The predicted molar refractivity (Wildman–Crippen MR) is 147 cm³/mol. The number of aliphatic imine (C=N–C) groups is 1. The van der Waals surface area contributed by atoms with E-state index in [1.807, 2.05) is 0 Å². The number of rotatable bonds is 11. The summed E-state index contributed by atoms with van der Waals surface area (Å²) in [4.78, 5) is 18.2. The molecule has 0 aliphatic heterocycles. The maximum Gasteiger partial charge on any atom is 0.435 e. The van der Waals surface area contributed by atoms with Crippen LogP contribution in [0.4, 0.5) is 17.6 Å². The van der Waals surface area contributed by atoms with Gasteiger partial charge in [0.05, 0.1) is 12.4 Å². The lowest BCUT2D eigenvalue weighted by atomic mass is 9.86. The molecule has 2 aromatic carbocycles. The van der Waals surface area contributed by atoms with Crippen molar-refractivity contribution in [3.8, 4) is 11.1 Å². The van der Waals surface area contributed by atoms with Crippen LogP contribution in [0.3, 0.4) is 0 Å². The van der Waals surface area contributed by atoms with Crippen molar-refractivity contribution in [1.82, 2.24) is 9.78 Å². The molecule has 0 radical (unpaired) electrons. The number of carbonyl (C=O) groups is 1. The lowest BCUT2D eigenvalue weighted by molar-refractivity contribution is -0.141. The van der Waals surface area contributed by atoms with E-state index in [9.17, 15) is 22.4 Å². The van der Waals surface area contributed by atoms with Gasteiger partial charge in [0, 0.05) is 36.7 Å². The van der Waals surface area contributed by atoms with Gasteiger partial charge in [-0.25, -0.2) is 4.39 Å². The van der Waals surface area contributed by atoms with E-state index in [0.717, 1.165) is 31.2 Å². The van der Waals surface area contributed by atoms with Gasteiger partial charge in [0.15, 0.2) is 11.5 Å². The molecule has 0 saturated heterocycles. The highest BCUT2D eigenvalue weighted by Gasteiger charge is 2.38. The molecule has 5 nitrogen and oxygen atoms in total. The van der Waals surface area contributed by atoms with E-state index >= 15 is 0 Å². The molecular weight excluding hydrogens is 520 g/mol. The Morgan fingerprint density at radius 1 is 1.15 bits per heavy atom. The first-order chi connectivity index (χ1) is 19.0. The van der Waals surface area contributed by atoms with E-state index in [-0.39, 0.29) is 48.2 Å².